The molecule has 0 aliphatic rings. The highest BCUT2D eigenvalue weighted by molar-refractivity contribution is 5.70. The third-order valence-electron chi connectivity index (χ3n) is 2.86. The summed E-state index contributed by atoms with van der Waals surface area (Å²) in [6.45, 7) is 2.59. The second kappa shape index (κ2) is 6.60. The van der Waals surface area contributed by atoms with Crippen molar-refractivity contribution >= 4 is 11.7 Å². The molecule has 106 valence electrons. The quantitative estimate of drug-likeness (QED) is 0.787. The minimum atomic E-state index is -0.400. The van der Waals surface area contributed by atoms with Crippen molar-refractivity contribution in [2.24, 2.45) is 0 Å². The van der Waals surface area contributed by atoms with Gasteiger partial charge in [-0.05, 0) is 31.2 Å². The Kier molecular flexibility index (Phi) is 4.60. The summed E-state index contributed by atoms with van der Waals surface area (Å²) in [6, 6.07) is 7.38. The number of benzene rings is 1. The number of methoxy groups -OCH3 is 1. The van der Waals surface area contributed by atoms with E-state index in [4.69, 9.17) is 4.74 Å². The molecule has 2 rings (SSSR count). The molecule has 0 atom stereocenters. The topological polar surface area (TPSA) is 76.2 Å². The van der Waals surface area contributed by atoms with Crippen LogP contribution in [0, 0.1) is 6.92 Å². The molecule has 0 radical (unpaired) electrons. The Hall–Kier alpha value is -2.50. The number of ether oxygens (including phenoxy) is 2. The zero-order chi connectivity index (χ0) is 14.4. The number of nitrogens with zero attached hydrogens (tertiary/aromatic N) is 1. The molecule has 0 aliphatic heterocycles. The summed E-state index contributed by atoms with van der Waals surface area (Å²) in [7, 11) is 1.33. The number of aryl methyl sites for hydroxylation is 1. The first kappa shape index (κ1) is 13.9. The Labute approximate surface area is 117 Å². The van der Waals surface area contributed by atoms with Crippen molar-refractivity contribution in [2.45, 2.75) is 13.5 Å². The van der Waals surface area contributed by atoms with Crippen molar-refractivity contribution < 1.29 is 14.3 Å². The first-order valence-corrected chi connectivity index (χ1v) is 6.21. The van der Waals surface area contributed by atoms with Crippen LogP contribution in [0.4, 0.5) is 5.69 Å². The van der Waals surface area contributed by atoms with Gasteiger partial charge in [-0.15, -0.1) is 0 Å². The van der Waals surface area contributed by atoms with Crippen molar-refractivity contribution in [2.75, 3.05) is 19.0 Å². The summed E-state index contributed by atoms with van der Waals surface area (Å²) < 4.78 is 9.77. The van der Waals surface area contributed by atoms with Crippen molar-refractivity contribution in [1.29, 1.82) is 0 Å². The highest BCUT2D eigenvalue weighted by Gasteiger charge is 2.02. The monoisotopic (exact) mass is 275 g/mol. The number of carbonyl (C=O) groups is 1. The van der Waals surface area contributed by atoms with E-state index >= 15 is 0 Å². The summed E-state index contributed by atoms with van der Waals surface area (Å²) >= 11 is 0. The smallest absolute Gasteiger partial charge is 0.343 e. The van der Waals surface area contributed by atoms with Crippen LogP contribution in [0.2, 0.25) is 0 Å². The van der Waals surface area contributed by atoms with Crippen LogP contribution in [0.15, 0.2) is 30.5 Å². The Morgan fingerprint density at radius 2 is 2.10 bits per heavy atom. The normalized spacial score (nSPS) is 10.1. The first-order valence-electron chi connectivity index (χ1n) is 6.21. The molecule has 0 fully saturated rings. The number of hydrogen-bond donors (Lipinski definition) is 2. The van der Waals surface area contributed by atoms with Crippen LogP contribution >= 0.6 is 0 Å². The fraction of sp³-hybridized carbons (Fsp3) is 0.286. The van der Waals surface area contributed by atoms with E-state index in [1.165, 1.54) is 7.11 Å². The molecule has 2 aromatic rings. The Balaban J connectivity index is 1.85. The van der Waals surface area contributed by atoms with Gasteiger partial charge in [0, 0.05) is 23.5 Å². The second-order valence-electron chi connectivity index (χ2n) is 4.26. The van der Waals surface area contributed by atoms with Gasteiger partial charge in [0.1, 0.15) is 5.75 Å². The molecule has 2 N–H and O–H groups in total. The molecule has 0 spiro atoms. The lowest BCUT2D eigenvalue weighted by Gasteiger charge is -2.08. The van der Waals surface area contributed by atoms with Gasteiger partial charge < -0.3 is 14.8 Å². The predicted molar refractivity (Wildman–Crippen MR) is 74.6 cm³/mol. The second-order valence-corrected chi connectivity index (χ2v) is 4.26. The van der Waals surface area contributed by atoms with Crippen LogP contribution in [-0.2, 0) is 16.1 Å². The molecule has 6 nitrogen and oxygen atoms in total. The zero-order valence-electron chi connectivity index (χ0n) is 11.5. The van der Waals surface area contributed by atoms with Crippen molar-refractivity contribution in [1.82, 2.24) is 10.2 Å². The van der Waals surface area contributed by atoms with E-state index in [0.29, 0.717) is 12.3 Å². The number of rotatable bonds is 6. The molecular weight excluding hydrogens is 258 g/mol. The molecule has 20 heavy (non-hydrogen) atoms. The number of esters is 1. The van der Waals surface area contributed by atoms with Crippen LogP contribution < -0.4 is 10.1 Å². The number of aromatic nitrogens is 2. The molecule has 0 amide bonds. The third kappa shape index (κ3) is 3.74. The molecule has 0 saturated carbocycles. The highest BCUT2D eigenvalue weighted by atomic mass is 16.6. The summed E-state index contributed by atoms with van der Waals surface area (Å²) in [5, 5.41) is 10.1. The zero-order valence-corrected chi connectivity index (χ0v) is 11.5. The SMILES string of the molecule is COC(=O)COc1ccc(NCc2cn[nH]c2C)cc1. The number of aromatic amines is 1. The van der Waals surface area contributed by atoms with Crippen LogP contribution in [0.1, 0.15) is 11.3 Å². The molecule has 0 unspecified atom stereocenters. The van der Waals surface area contributed by atoms with Gasteiger partial charge in [-0.3, -0.25) is 5.10 Å². The molecule has 0 aliphatic carbocycles. The van der Waals surface area contributed by atoms with Crippen LogP contribution in [0.3, 0.4) is 0 Å². The maximum Gasteiger partial charge on any atom is 0.343 e. The fourth-order valence-electron chi connectivity index (χ4n) is 1.62. The Morgan fingerprint density at radius 3 is 2.70 bits per heavy atom. The number of anilines is 1. The average molecular weight is 275 g/mol. The molecular formula is C14H17N3O3. The van der Waals surface area contributed by atoms with Crippen LogP contribution in [-0.4, -0.2) is 29.9 Å². The van der Waals surface area contributed by atoms with E-state index in [0.717, 1.165) is 16.9 Å². The van der Waals surface area contributed by atoms with Gasteiger partial charge in [0.2, 0.25) is 0 Å². The molecule has 1 aromatic carbocycles. The minimum Gasteiger partial charge on any atom is -0.482 e. The van der Waals surface area contributed by atoms with Crippen LogP contribution in [0.25, 0.3) is 0 Å². The lowest BCUT2D eigenvalue weighted by atomic mass is 10.2. The average Bonchev–Trinajstić information content (AvgIpc) is 2.89. The van der Waals surface area contributed by atoms with E-state index in [1.54, 1.807) is 18.3 Å². The van der Waals surface area contributed by atoms with Gasteiger partial charge in [-0.1, -0.05) is 0 Å². The number of carbonyl (C=O) groups excluding carboxylic acids is 1. The lowest BCUT2D eigenvalue weighted by Crippen LogP contribution is -2.12. The molecule has 1 aromatic heterocycles. The van der Waals surface area contributed by atoms with E-state index in [2.05, 4.69) is 20.3 Å². The lowest BCUT2D eigenvalue weighted by molar-refractivity contribution is -0.142. The maximum atomic E-state index is 10.9. The van der Waals surface area contributed by atoms with Gasteiger partial charge in [0.15, 0.2) is 6.61 Å². The van der Waals surface area contributed by atoms with Crippen molar-refractivity contribution in [3.8, 4) is 5.75 Å². The summed E-state index contributed by atoms with van der Waals surface area (Å²) in [4.78, 5) is 10.9. The maximum absolute atomic E-state index is 10.9. The van der Waals surface area contributed by atoms with Crippen molar-refractivity contribution in [3.05, 3.63) is 41.7 Å². The number of hydrogen-bond acceptors (Lipinski definition) is 5. The largest absolute Gasteiger partial charge is 0.482 e. The molecule has 0 bridgehead atoms. The van der Waals surface area contributed by atoms with E-state index in [1.807, 2.05) is 19.1 Å². The fourth-order valence-corrected chi connectivity index (χ4v) is 1.62. The van der Waals surface area contributed by atoms with Gasteiger partial charge >= 0.3 is 5.97 Å². The predicted octanol–water partition coefficient (Wildman–Crippen LogP) is 1.88. The summed E-state index contributed by atoms with van der Waals surface area (Å²) in [6.07, 6.45) is 1.80. The molecule has 1 heterocycles. The Bertz CT molecular complexity index is 563. The van der Waals surface area contributed by atoms with Gasteiger partial charge in [-0.2, -0.15) is 5.10 Å². The number of nitrogens with one attached hydrogen (secondary N) is 2. The van der Waals surface area contributed by atoms with Gasteiger partial charge in [-0.25, -0.2) is 4.79 Å². The van der Waals surface area contributed by atoms with E-state index < -0.39 is 5.97 Å². The van der Waals surface area contributed by atoms with Gasteiger partial charge in [0.25, 0.3) is 0 Å². The van der Waals surface area contributed by atoms with E-state index in [9.17, 15) is 4.79 Å². The molecule has 0 saturated heterocycles. The first-order chi connectivity index (χ1) is 9.69. The van der Waals surface area contributed by atoms with Gasteiger partial charge in [0.05, 0.1) is 13.3 Å². The van der Waals surface area contributed by atoms with Crippen LogP contribution in [0.5, 0.6) is 5.75 Å². The summed E-state index contributed by atoms with van der Waals surface area (Å²) in [5.74, 6) is 0.225. The minimum absolute atomic E-state index is 0.0858. The number of H-pyrrole nitrogens is 1. The standard InChI is InChI=1S/C14H17N3O3/c1-10-11(8-16-17-10)7-15-12-3-5-13(6-4-12)20-9-14(18)19-2/h3-6,8,15H,7,9H2,1-2H3,(H,16,17). The van der Waals surface area contributed by atoms with E-state index in [-0.39, 0.29) is 6.61 Å². The summed E-state index contributed by atoms with van der Waals surface area (Å²) in [5.41, 5.74) is 3.14. The van der Waals surface area contributed by atoms with Crippen molar-refractivity contribution in [3.63, 3.8) is 0 Å². The third-order valence-corrected chi connectivity index (χ3v) is 2.86. The molecule has 6 heteroatoms. The Morgan fingerprint density at radius 1 is 1.35 bits per heavy atom. The highest BCUT2D eigenvalue weighted by Crippen LogP contribution is 2.16.